The van der Waals surface area contributed by atoms with Crippen molar-refractivity contribution >= 4 is 42.2 Å². The second kappa shape index (κ2) is 7.85. The third-order valence-corrected chi connectivity index (χ3v) is 3.07. The van der Waals surface area contributed by atoms with Crippen molar-refractivity contribution in [1.29, 1.82) is 0 Å². The van der Waals surface area contributed by atoms with Gasteiger partial charge < -0.3 is 11.1 Å². The van der Waals surface area contributed by atoms with E-state index in [1.807, 2.05) is 20.9 Å². The highest BCUT2D eigenvalue weighted by atomic mass is 35.5. The van der Waals surface area contributed by atoms with Crippen LogP contribution < -0.4 is 11.1 Å². The van der Waals surface area contributed by atoms with Crippen LogP contribution in [0.3, 0.4) is 0 Å². The molecular weight excluding hydrogens is 313 g/mol. The van der Waals surface area contributed by atoms with E-state index in [-0.39, 0.29) is 30.7 Å². The molecule has 3 N–H and O–H groups in total. The Labute approximate surface area is 135 Å². The third kappa shape index (κ3) is 4.61. The van der Waals surface area contributed by atoms with Gasteiger partial charge in [-0.2, -0.15) is 5.10 Å². The first-order chi connectivity index (χ1) is 8.97. The summed E-state index contributed by atoms with van der Waals surface area (Å²) in [5, 5.41) is 7.08. The molecule has 2 rings (SSSR count). The van der Waals surface area contributed by atoms with Crippen LogP contribution in [0.5, 0.6) is 0 Å². The second-order valence-corrected chi connectivity index (χ2v) is 4.47. The summed E-state index contributed by atoms with van der Waals surface area (Å²) in [5.41, 5.74) is 8.97. The number of carbonyl (C=O) groups is 1. The van der Waals surface area contributed by atoms with Gasteiger partial charge in [-0.05, 0) is 26.0 Å². The SMILES string of the molecule is Cc1nn(C)c(C)c1CC(=O)Nc1ccc(N)nc1.Cl.Cl. The number of amides is 1. The molecule has 0 saturated heterocycles. The minimum atomic E-state index is -0.0919. The summed E-state index contributed by atoms with van der Waals surface area (Å²) in [6.45, 7) is 3.85. The smallest absolute Gasteiger partial charge is 0.228 e. The molecule has 8 heteroatoms. The van der Waals surface area contributed by atoms with Crippen LogP contribution in [0, 0.1) is 13.8 Å². The maximum absolute atomic E-state index is 12.0. The number of carbonyl (C=O) groups excluding carboxylic acids is 1. The van der Waals surface area contributed by atoms with Gasteiger partial charge in [-0.1, -0.05) is 0 Å². The third-order valence-electron chi connectivity index (χ3n) is 3.07. The van der Waals surface area contributed by atoms with Gasteiger partial charge in [0.1, 0.15) is 5.82 Å². The zero-order valence-electron chi connectivity index (χ0n) is 12.1. The summed E-state index contributed by atoms with van der Waals surface area (Å²) in [6, 6.07) is 3.37. The quantitative estimate of drug-likeness (QED) is 0.901. The number of nitrogens with two attached hydrogens (primary N) is 1. The lowest BCUT2D eigenvalue weighted by Gasteiger charge is -2.05. The van der Waals surface area contributed by atoms with Gasteiger partial charge in [0.2, 0.25) is 5.91 Å². The lowest BCUT2D eigenvalue weighted by molar-refractivity contribution is -0.115. The van der Waals surface area contributed by atoms with E-state index < -0.39 is 0 Å². The molecule has 6 nitrogen and oxygen atoms in total. The van der Waals surface area contributed by atoms with Gasteiger partial charge in [0, 0.05) is 18.3 Å². The van der Waals surface area contributed by atoms with Crippen LogP contribution in [0.4, 0.5) is 11.5 Å². The van der Waals surface area contributed by atoms with Crippen LogP contribution in [0.2, 0.25) is 0 Å². The number of halogens is 2. The number of pyridine rings is 1. The Hall–Kier alpha value is -1.79. The molecule has 0 atom stereocenters. The monoisotopic (exact) mass is 331 g/mol. The minimum Gasteiger partial charge on any atom is -0.384 e. The molecule has 0 bridgehead atoms. The normalized spacial score (nSPS) is 9.48. The average Bonchev–Trinajstić information content (AvgIpc) is 2.59. The van der Waals surface area contributed by atoms with E-state index in [9.17, 15) is 4.79 Å². The molecule has 0 spiro atoms. The molecule has 2 heterocycles. The van der Waals surface area contributed by atoms with Crippen LogP contribution >= 0.6 is 24.8 Å². The Balaban J connectivity index is 0.00000200. The first-order valence-electron chi connectivity index (χ1n) is 5.98. The highest BCUT2D eigenvalue weighted by Crippen LogP contribution is 2.14. The Morgan fingerprint density at radius 3 is 2.48 bits per heavy atom. The lowest BCUT2D eigenvalue weighted by Crippen LogP contribution is -2.15. The largest absolute Gasteiger partial charge is 0.384 e. The number of hydrogen-bond acceptors (Lipinski definition) is 4. The Morgan fingerprint density at radius 1 is 1.33 bits per heavy atom. The van der Waals surface area contributed by atoms with E-state index in [1.165, 1.54) is 6.20 Å². The molecule has 1 amide bonds. The van der Waals surface area contributed by atoms with Gasteiger partial charge in [-0.25, -0.2) is 4.98 Å². The zero-order valence-corrected chi connectivity index (χ0v) is 13.7. The van der Waals surface area contributed by atoms with Crippen molar-refractivity contribution < 1.29 is 4.79 Å². The van der Waals surface area contributed by atoms with Gasteiger partial charge in [0.05, 0.1) is 24.0 Å². The number of nitrogens with zero attached hydrogens (tertiary/aromatic N) is 3. The second-order valence-electron chi connectivity index (χ2n) is 4.47. The first-order valence-corrected chi connectivity index (χ1v) is 5.98. The van der Waals surface area contributed by atoms with E-state index in [1.54, 1.807) is 16.8 Å². The van der Waals surface area contributed by atoms with Gasteiger partial charge in [-0.15, -0.1) is 24.8 Å². The van der Waals surface area contributed by atoms with E-state index in [2.05, 4.69) is 15.4 Å². The number of rotatable bonds is 3. The van der Waals surface area contributed by atoms with Crippen molar-refractivity contribution in [3.63, 3.8) is 0 Å². The molecule has 116 valence electrons. The maximum atomic E-state index is 12.0. The van der Waals surface area contributed by atoms with Gasteiger partial charge in [0.25, 0.3) is 0 Å². The molecule has 0 aliphatic rings. The summed E-state index contributed by atoms with van der Waals surface area (Å²) < 4.78 is 1.78. The average molecular weight is 332 g/mol. The Morgan fingerprint density at radius 2 is 2.00 bits per heavy atom. The fourth-order valence-corrected chi connectivity index (χ4v) is 1.92. The molecule has 0 saturated carbocycles. The molecule has 21 heavy (non-hydrogen) atoms. The highest BCUT2D eigenvalue weighted by molar-refractivity contribution is 5.92. The van der Waals surface area contributed by atoms with Crippen molar-refractivity contribution in [2.24, 2.45) is 7.05 Å². The summed E-state index contributed by atoms with van der Waals surface area (Å²) in [6.07, 6.45) is 1.84. The Kier molecular flexibility index (Phi) is 7.18. The van der Waals surface area contributed by atoms with Crippen LogP contribution in [0.1, 0.15) is 17.0 Å². The van der Waals surface area contributed by atoms with Crippen LogP contribution in [0.15, 0.2) is 18.3 Å². The topological polar surface area (TPSA) is 85.8 Å². The number of nitrogens with one attached hydrogen (secondary N) is 1. The number of aromatic nitrogens is 3. The highest BCUT2D eigenvalue weighted by Gasteiger charge is 2.13. The van der Waals surface area contributed by atoms with E-state index in [0.29, 0.717) is 17.9 Å². The lowest BCUT2D eigenvalue weighted by atomic mass is 10.1. The van der Waals surface area contributed by atoms with E-state index >= 15 is 0 Å². The molecule has 0 aliphatic carbocycles. The van der Waals surface area contributed by atoms with Gasteiger partial charge >= 0.3 is 0 Å². The minimum absolute atomic E-state index is 0. The van der Waals surface area contributed by atoms with Crippen molar-refractivity contribution in [2.75, 3.05) is 11.1 Å². The summed E-state index contributed by atoms with van der Waals surface area (Å²) in [7, 11) is 1.87. The molecular formula is C13H19Cl2N5O. The summed E-state index contributed by atoms with van der Waals surface area (Å²) in [4.78, 5) is 15.9. The molecule has 2 aromatic heterocycles. The van der Waals surface area contributed by atoms with E-state index in [4.69, 9.17) is 5.73 Å². The van der Waals surface area contributed by atoms with Crippen LogP contribution in [-0.2, 0) is 18.3 Å². The number of aryl methyl sites for hydroxylation is 2. The zero-order chi connectivity index (χ0) is 14.0. The molecule has 0 aromatic carbocycles. The van der Waals surface area contributed by atoms with Crippen LogP contribution in [0.25, 0.3) is 0 Å². The van der Waals surface area contributed by atoms with Crippen molar-refractivity contribution in [3.05, 3.63) is 35.3 Å². The maximum Gasteiger partial charge on any atom is 0.228 e. The number of anilines is 2. The summed E-state index contributed by atoms with van der Waals surface area (Å²) in [5.74, 6) is 0.336. The molecule has 0 radical (unpaired) electrons. The van der Waals surface area contributed by atoms with E-state index in [0.717, 1.165) is 17.0 Å². The first kappa shape index (κ1) is 19.2. The molecule has 0 fully saturated rings. The van der Waals surface area contributed by atoms with Gasteiger partial charge in [-0.3, -0.25) is 9.48 Å². The Bertz CT molecular complexity index is 610. The van der Waals surface area contributed by atoms with Crippen LogP contribution in [-0.4, -0.2) is 20.7 Å². The van der Waals surface area contributed by atoms with Crippen molar-refractivity contribution in [3.8, 4) is 0 Å². The fourth-order valence-electron chi connectivity index (χ4n) is 1.92. The number of hydrogen-bond donors (Lipinski definition) is 2. The fraction of sp³-hybridized carbons (Fsp3) is 0.308. The number of nitrogen functional groups attached to an aromatic ring is 1. The summed E-state index contributed by atoms with van der Waals surface area (Å²) >= 11 is 0. The molecule has 2 aromatic rings. The molecule has 0 unspecified atom stereocenters. The predicted molar refractivity (Wildman–Crippen MR) is 88.2 cm³/mol. The molecule has 0 aliphatic heterocycles. The predicted octanol–water partition coefficient (Wildman–Crippen LogP) is 2.04. The standard InChI is InChI=1S/C13H17N5O.2ClH/c1-8-11(9(2)18(3)17-8)6-13(19)16-10-4-5-12(14)15-7-10;;/h4-5,7H,6H2,1-3H3,(H2,14,15)(H,16,19);2*1H. The van der Waals surface area contributed by atoms with Crippen molar-refractivity contribution in [2.45, 2.75) is 20.3 Å². The van der Waals surface area contributed by atoms with Crippen molar-refractivity contribution in [1.82, 2.24) is 14.8 Å². The van der Waals surface area contributed by atoms with Gasteiger partial charge in [0.15, 0.2) is 0 Å².